The molecule has 1 aromatic carbocycles. The molecule has 0 amide bonds. The van der Waals surface area contributed by atoms with Crippen molar-refractivity contribution in [3.05, 3.63) is 35.6 Å². The number of carbonyl (C=O) groups is 1. The Morgan fingerprint density at radius 1 is 1.33 bits per heavy atom. The van der Waals surface area contributed by atoms with Gasteiger partial charge >= 0.3 is 5.97 Å². The Labute approximate surface area is 143 Å². The van der Waals surface area contributed by atoms with Crippen molar-refractivity contribution in [1.82, 2.24) is 4.72 Å². The van der Waals surface area contributed by atoms with E-state index < -0.39 is 51.8 Å². The summed E-state index contributed by atoms with van der Waals surface area (Å²) in [4.78, 5) is 11.9. The minimum absolute atomic E-state index is 0.00220. The first-order chi connectivity index (χ1) is 11.0. The van der Waals surface area contributed by atoms with Crippen LogP contribution in [0.2, 0.25) is 0 Å². The topological polar surface area (TPSA) is 61.4 Å². The molecule has 1 unspecified atom stereocenters. The Balaban J connectivity index is 3.40. The highest BCUT2D eigenvalue weighted by atomic mass is 32.2. The van der Waals surface area contributed by atoms with Gasteiger partial charge < -0.3 is 9.29 Å². The molecule has 0 aliphatic heterocycles. The van der Waals surface area contributed by atoms with Crippen LogP contribution in [0.15, 0.2) is 24.3 Å². The van der Waals surface area contributed by atoms with Crippen molar-refractivity contribution in [3.8, 4) is 0 Å². The molecule has 1 N–H and O–H groups in total. The first-order valence-corrected chi connectivity index (χ1v) is 8.58. The van der Waals surface area contributed by atoms with E-state index in [-0.39, 0.29) is 6.61 Å². The third-order valence-corrected chi connectivity index (χ3v) is 4.95. The predicted octanol–water partition coefficient (Wildman–Crippen LogP) is 3.29. The fourth-order valence-electron chi connectivity index (χ4n) is 2.01. The van der Waals surface area contributed by atoms with E-state index in [0.717, 1.165) is 12.1 Å². The summed E-state index contributed by atoms with van der Waals surface area (Å²) >= 11 is -1.96. The quantitative estimate of drug-likeness (QED) is 0.595. The fraction of sp³-hybridized carbons (Fsp3) is 0.562. The van der Waals surface area contributed by atoms with Crippen LogP contribution >= 0.6 is 0 Å². The summed E-state index contributed by atoms with van der Waals surface area (Å²) in [7, 11) is 0. The van der Waals surface area contributed by atoms with Gasteiger partial charge in [-0.25, -0.2) is 13.2 Å². The molecule has 8 heteroatoms. The van der Waals surface area contributed by atoms with Crippen molar-refractivity contribution < 1.29 is 27.3 Å². The van der Waals surface area contributed by atoms with Gasteiger partial charge in [-0.1, -0.05) is 18.2 Å². The Bertz CT molecular complexity index is 566. The smallest absolute Gasteiger partial charge is 0.308 e. The molecule has 0 aliphatic rings. The molecule has 2 atom stereocenters. The van der Waals surface area contributed by atoms with Gasteiger partial charge in [0.15, 0.2) is 5.54 Å². The minimum Gasteiger partial charge on any atom is -0.598 e. The van der Waals surface area contributed by atoms with Crippen molar-refractivity contribution in [3.63, 3.8) is 0 Å². The fourth-order valence-corrected chi connectivity index (χ4v) is 2.91. The van der Waals surface area contributed by atoms with Crippen LogP contribution in [0.5, 0.6) is 0 Å². The number of hydrogen-bond donors (Lipinski definition) is 1. The summed E-state index contributed by atoms with van der Waals surface area (Å²) in [5.41, 5.74) is -2.87. The van der Waals surface area contributed by atoms with Crippen LogP contribution in [0.4, 0.5) is 13.2 Å². The predicted molar refractivity (Wildman–Crippen MR) is 86.4 cm³/mol. The average Bonchev–Trinajstić information content (AvgIpc) is 2.45. The van der Waals surface area contributed by atoms with Crippen LogP contribution in [0.1, 0.15) is 39.7 Å². The first-order valence-electron chi connectivity index (χ1n) is 7.43. The zero-order valence-corrected chi connectivity index (χ0v) is 14.9. The van der Waals surface area contributed by atoms with Crippen LogP contribution in [-0.2, 0) is 26.4 Å². The maximum absolute atomic E-state index is 14.2. The number of ether oxygens (including phenoxy) is 1. The van der Waals surface area contributed by atoms with E-state index in [0.29, 0.717) is 0 Å². The third kappa shape index (κ3) is 4.87. The van der Waals surface area contributed by atoms with Crippen LogP contribution in [-0.4, -0.2) is 28.3 Å². The number of benzene rings is 1. The summed E-state index contributed by atoms with van der Waals surface area (Å²) in [6, 6.07) is 4.88. The van der Waals surface area contributed by atoms with Crippen LogP contribution in [0.3, 0.4) is 0 Å². The van der Waals surface area contributed by atoms with E-state index in [2.05, 4.69) is 4.72 Å². The number of hydrogen-bond acceptors (Lipinski definition) is 4. The number of rotatable bonds is 7. The molecule has 0 saturated heterocycles. The molecule has 0 radical (unpaired) electrons. The highest BCUT2D eigenvalue weighted by Crippen LogP contribution is 2.36. The van der Waals surface area contributed by atoms with Gasteiger partial charge in [-0.15, -0.1) is 4.72 Å². The van der Waals surface area contributed by atoms with Crippen LogP contribution in [0.25, 0.3) is 0 Å². The lowest BCUT2D eigenvalue weighted by Crippen LogP contribution is -2.56. The van der Waals surface area contributed by atoms with Gasteiger partial charge in [-0.05, 0) is 33.8 Å². The maximum atomic E-state index is 14.2. The second-order valence-corrected chi connectivity index (χ2v) is 8.18. The van der Waals surface area contributed by atoms with Gasteiger partial charge in [0.2, 0.25) is 0 Å². The summed E-state index contributed by atoms with van der Waals surface area (Å²) in [5.74, 6) is -1.85. The van der Waals surface area contributed by atoms with Crippen LogP contribution < -0.4 is 4.72 Å². The van der Waals surface area contributed by atoms with Gasteiger partial charge in [0.1, 0.15) is 10.6 Å². The second-order valence-electron chi connectivity index (χ2n) is 6.22. The van der Waals surface area contributed by atoms with Gasteiger partial charge in [0, 0.05) is 16.9 Å². The number of alkyl halides is 2. The molecular formula is C16H22F3NO3S. The normalized spacial score (nSPS) is 15.9. The number of halogens is 3. The van der Waals surface area contributed by atoms with Gasteiger partial charge in [-0.3, -0.25) is 4.79 Å². The Hall–Kier alpha value is -1.25. The zero-order chi connectivity index (χ0) is 18.5. The van der Waals surface area contributed by atoms with Crippen molar-refractivity contribution in [1.29, 1.82) is 0 Å². The number of nitrogens with one attached hydrogen (secondary N) is 1. The Morgan fingerprint density at radius 2 is 1.92 bits per heavy atom. The molecule has 0 heterocycles. The monoisotopic (exact) mass is 365 g/mol. The van der Waals surface area contributed by atoms with Crippen LogP contribution in [0, 0.1) is 5.82 Å². The van der Waals surface area contributed by atoms with E-state index in [4.69, 9.17) is 4.74 Å². The molecule has 0 aliphatic carbocycles. The summed E-state index contributed by atoms with van der Waals surface area (Å²) in [6.07, 6.45) is -4.04. The molecule has 0 saturated carbocycles. The minimum atomic E-state index is -3.19. The van der Waals surface area contributed by atoms with Crippen molar-refractivity contribution in [2.45, 2.75) is 50.8 Å². The average molecular weight is 365 g/mol. The Kier molecular flexibility index (Phi) is 7.12. The zero-order valence-electron chi connectivity index (χ0n) is 14.1. The molecule has 0 spiro atoms. The van der Waals surface area contributed by atoms with Gasteiger partial charge in [0.25, 0.3) is 6.43 Å². The molecule has 136 valence electrons. The van der Waals surface area contributed by atoms with Gasteiger partial charge in [0.05, 0.1) is 13.0 Å². The molecule has 4 nitrogen and oxygen atoms in total. The largest absolute Gasteiger partial charge is 0.598 e. The SMILES string of the molecule is CCOC(=O)C[C@](N[S+]([O-])C(C)(C)C)(c1ccccc1F)C(F)F. The van der Waals surface area contributed by atoms with E-state index in [1.165, 1.54) is 19.1 Å². The summed E-state index contributed by atoms with van der Waals surface area (Å²) < 4.78 is 60.8. The molecule has 24 heavy (non-hydrogen) atoms. The highest BCUT2D eigenvalue weighted by Gasteiger charge is 2.51. The standard InChI is InChI=1S/C16H22F3NO3S/c1-5-23-13(21)10-16(14(18)19,20-24(22)15(2,3)4)11-8-6-7-9-12(11)17/h6-9,14,20H,5,10H2,1-4H3/t16-,24?/m0/s1. The number of carbonyl (C=O) groups excluding carboxylic acids is 1. The molecule has 0 bridgehead atoms. The maximum Gasteiger partial charge on any atom is 0.308 e. The highest BCUT2D eigenvalue weighted by molar-refractivity contribution is 7.90. The molecule has 0 fully saturated rings. The summed E-state index contributed by atoms with van der Waals surface area (Å²) in [5, 5.41) is 0. The first kappa shape index (κ1) is 20.8. The van der Waals surface area contributed by atoms with E-state index in [9.17, 15) is 22.5 Å². The summed E-state index contributed by atoms with van der Waals surface area (Å²) in [6.45, 7) is 6.28. The van der Waals surface area contributed by atoms with E-state index in [1.807, 2.05) is 0 Å². The van der Waals surface area contributed by atoms with E-state index >= 15 is 0 Å². The second kappa shape index (κ2) is 8.22. The molecular weight excluding hydrogens is 343 g/mol. The molecule has 1 rings (SSSR count). The third-order valence-electron chi connectivity index (χ3n) is 3.29. The van der Waals surface area contributed by atoms with E-state index in [1.54, 1.807) is 20.8 Å². The van der Waals surface area contributed by atoms with Crippen molar-refractivity contribution in [2.75, 3.05) is 6.61 Å². The molecule has 1 aromatic rings. The van der Waals surface area contributed by atoms with Crippen molar-refractivity contribution in [2.24, 2.45) is 0 Å². The van der Waals surface area contributed by atoms with Crippen molar-refractivity contribution >= 4 is 17.3 Å². The lowest BCUT2D eigenvalue weighted by Gasteiger charge is -2.36. The van der Waals surface area contributed by atoms with Gasteiger partial charge in [-0.2, -0.15) is 0 Å². The Morgan fingerprint density at radius 3 is 2.38 bits per heavy atom. The molecule has 0 aromatic heterocycles. The number of esters is 1. The lowest BCUT2D eigenvalue weighted by atomic mass is 9.87. The lowest BCUT2D eigenvalue weighted by molar-refractivity contribution is -0.147.